The molecule has 136 valence electrons. The molecule has 0 saturated carbocycles. The van der Waals surface area contributed by atoms with Crippen LogP contribution < -0.4 is 5.32 Å². The first-order valence-corrected chi connectivity index (χ1v) is 8.70. The van der Waals surface area contributed by atoms with Crippen LogP contribution in [0.3, 0.4) is 0 Å². The van der Waals surface area contributed by atoms with E-state index < -0.39 is 0 Å². The van der Waals surface area contributed by atoms with Crippen LogP contribution in [0.5, 0.6) is 0 Å². The van der Waals surface area contributed by atoms with Gasteiger partial charge in [0.2, 0.25) is 0 Å². The van der Waals surface area contributed by atoms with E-state index >= 15 is 0 Å². The number of aryl methyl sites for hydroxylation is 1. The SMILES string of the molecule is Cc1cccc(C(=O)N2CCCN(C(=O)Nc3ccc(F)cc3)CC2)c1. The maximum absolute atomic E-state index is 13.0. The first-order valence-electron chi connectivity index (χ1n) is 8.70. The summed E-state index contributed by atoms with van der Waals surface area (Å²) < 4.78 is 13.0. The van der Waals surface area contributed by atoms with Crippen LogP contribution in [0.4, 0.5) is 14.9 Å². The number of nitrogens with one attached hydrogen (secondary N) is 1. The molecule has 1 heterocycles. The second kappa shape index (κ2) is 7.99. The number of rotatable bonds is 2. The third-order valence-electron chi connectivity index (χ3n) is 4.43. The Labute approximate surface area is 152 Å². The molecule has 6 heteroatoms. The molecule has 0 unspecified atom stereocenters. The molecule has 1 aliphatic heterocycles. The second-order valence-corrected chi connectivity index (χ2v) is 6.44. The van der Waals surface area contributed by atoms with E-state index in [1.54, 1.807) is 9.80 Å². The van der Waals surface area contributed by atoms with Crippen LogP contribution in [-0.2, 0) is 0 Å². The van der Waals surface area contributed by atoms with E-state index in [1.165, 1.54) is 24.3 Å². The number of urea groups is 1. The highest BCUT2D eigenvalue weighted by molar-refractivity contribution is 5.94. The summed E-state index contributed by atoms with van der Waals surface area (Å²) in [6, 6.07) is 13.0. The lowest BCUT2D eigenvalue weighted by molar-refractivity contribution is 0.0762. The van der Waals surface area contributed by atoms with Crippen LogP contribution in [0.1, 0.15) is 22.3 Å². The van der Waals surface area contributed by atoms with Crippen molar-refractivity contribution in [3.8, 4) is 0 Å². The zero-order chi connectivity index (χ0) is 18.5. The summed E-state index contributed by atoms with van der Waals surface area (Å²) in [5.41, 5.74) is 2.27. The Morgan fingerprint density at radius 1 is 0.962 bits per heavy atom. The number of amides is 3. The number of carbonyl (C=O) groups excluding carboxylic acids is 2. The highest BCUT2D eigenvalue weighted by Crippen LogP contribution is 2.13. The molecule has 1 aliphatic rings. The second-order valence-electron chi connectivity index (χ2n) is 6.44. The largest absolute Gasteiger partial charge is 0.337 e. The summed E-state index contributed by atoms with van der Waals surface area (Å²) in [6.45, 7) is 4.10. The lowest BCUT2D eigenvalue weighted by Gasteiger charge is -2.22. The van der Waals surface area contributed by atoms with Gasteiger partial charge < -0.3 is 15.1 Å². The number of carbonyl (C=O) groups is 2. The standard InChI is InChI=1S/C20H22FN3O2/c1-15-4-2-5-16(14-15)19(25)23-10-3-11-24(13-12-23)20(26)22-18-8-6-17(21)7-9-18/h2,4-9,14H,3,10-13H2,1H3,(H,22,26). The number of nitrogens with zero attached hydrogens (tertiary/aromatic N) is 2. The number of benzene rings is 2. The van der Waals surface area contributed by atoms with Gasteiger partial charge in [0.05, 0.1) is 0 Å². The first-order chi connectivity index (χ1) is 12.5. The third kappa shape index (κ3) is 4.39. The van der Waals surface area contributed by atoms with Gasteiger partial charge in [0, 0.05) is 37.4 Å². The van der Waals surface area contributed by atoms with Crippen molar-refractivity contribution in [2.24, 2.45) is 0 Å². The fourth-order valence-electron chi connectivity index (χ4n) is 3.02. The van der Waals surface area contributed by atoms with Crippen molar-refractivity contribution < 1.29 is 14.0 Å². The van der Waals surface area contributed by atoms with Crippen molar-refractivity contribution in [1.29, 1.82) is 0 Å². The average molecular weight is 355 g/mol. The van der Waals surface area contributed by atoms with Gasteiger partial charge in [-0.3, -0.25) is 4.79 Å². The fraction of sp³-hybridized carbons (Fsp3) is 0.300. The molecule has 0 aliphatic carbocycles. The van der Waals surface area contributed by atoms with Crippen LogP contribution in [0.15, 0.2) is 48.5 Å². The normalized spacial score (nSPS) is 14.7. The molecule has 0 radical (unpaired) electrons. The number of halogens is 1. The minimum Gasteiger partial charge on any atom is -0.337 e. The van der Waals surface area contributed by atoms with Crippen LogP contribution in [0.25, 0.3) is 0 Å². The Kier molecular flexibility index (Phi) is 5.51. The van der Waals surface area contributed by atoms with Gasteiger partial charge in [-0.15, -0.1) is 0 Å². The van der Waals surface area contributed by atoms with E-state index in [2.05, 4.69) is 5.32 Å². The third-order valence-corrected chi connectivity index (χ3v) is 4.43. The summed E-state index contributed by atoms with van der Waals surface area (Å²) in [7, 11) is 0. The maximum atomic E-state index is 13.0. The summed E-state index contributed by atoms with van der Waals surface area (Å²) in [5.74, 6) is -0.349. The van der Waals surface area contributed by atoms with Gasteiger partial charge in [0.25, 0.3) is 5.91 Å². The van der Waals surface area contributed by atoms with E-state index in [0.717, 1.165) is 5.56 Å². The predicted molar refractivity (Wildman–Crippen MR) is 98.7 cm³/mol. The highest BCUT2D eigenvalue weighted by atomic mass is 19.1. The van der Waals surface area contributed by atoms with Gasteiger partial charge in [0.1, 0.15) is 5.82 Å². The molecule has 0 bridgehead atoms. The predicted octanol–water partition coefficient (Wildman–Crippen LogP) is 3.51. The Morgan fingerprint density at radius 3 is 2.38 bits per heavy atom. The van der Waals surface area contributed by atoms with Crippen LogP contribution >= 0.6 is 0 Å². The molecule has 0 spiro atoms. The Bertz CT molecular complexity index is 792. The van der Waals surface area contributed by atoms with Gasteiger partial charge in [-0.2, -0.15) is 0 Å². The smallest absolute Gasteiger partial charge is 0.321 e. The highest BCUT2D eigenvalue weighted by Gasteiger charge is 2.23. The molecule has 1 saturated heterocycles. The molecule has 0 atom stereocenters. The number of hydrogen-bond acceptors (Lipinski definition) is 2. The maximum Gasteiger partial charge on any atom is 0.321 e. The van der Waals surface area contributed by atoms with Crippen LogP contribution in [0.2, 0.25) is 0 Å². The average Bonchev–Trinajstić information content (AvgIpc) is 2.89. The lowest BCUT2D eigenvalue weighted by Crippen LogP contribution is -2.39. The Hall–Kier alpha value is -2.89. The molecule has 1 N–H and O–H groups in total. The summed E-state index contributed by atoms with van der Waals surface area (Å²) in [5, 5.41) is 2.77. The monoisotopic (exact) mass is 355 g/mol. The van der Waals surface area contributed by atoms with Crippen molar-refractivity contribution in [1.82, 2.24) is 9.80 Å². The zero-order valence-electron chi connectivity index (χ0n) is 14.7. The number of anilines is 1. The van der Waals surface area contributed by atoms with Gasteiger partial charge >= 0.3 is 6.03 Å². The molecule has 2 aromatic carbocycles. The summed E-state index contributed by atoms with van der Waals surface area (Å²) >= 11 is 0. The van der Waals surface area contributed by atoms with Gasteiger partial charge in [-0.25, -0.2) is 9.18 Å². The van der Waals surface area contributed by atoms with E-state index in [0.29, 0.717) is 43.9 Å². The lowest BCUT2D eigenvalue weighted by atomic mass is 10.1. The molecule has 1 fully saturated rings. The van der Waals surface area contributed by atoms with Gasteiger partial charge in [-0.05, 0) is 49.7 Å². The minimum absolute atomic E-state index is 0.00510. The van der Waals surface area contributed by atoms with Crippen molar-refractivity contribution in [3.05, 3.63) is 65.5 Å². The van der Waals surface area contributed by atoms with E-state index in [1.807, 2.05) is 31.2 Å². The molecular weight excluding hydrogens is 333 g/mol. The molecule has 5 nitrogen and oxygen atoms in total. The molecular formula is C20H22FN3O2. The van der Waals surface area contributed by atoms with Crippen molar-refractivity contribution in [2.75, 3.05) is 31.5 Å². The molecule has 3 rings (SSSR count). The van der Waals surface area contributed by atoms with Crippen molar-refractivity contribution in [2.45, 2.75) is 13.3 Å². The summed E-state index contributed by atoms with van der Waals surface area (Å²) in [6.07, 6.45) is 0.717. The molecule has 3 amide bonds. The topological polar surface area (TPSA) is 52.7 Å². The molecule has 26 heavy (non-hydrogen) atoms. The first kappa shape index (κ1) is 17.9. The number of hydrogen-bond donors (Lipinski definition) is 1. The fourth-order valence-corrected chi connectivity index (χ4v) is 3.02. The van der Waals surface area contributed by atoms with Gasteiger partial charge in [-0.1, -0.05) is 17.7 Å². The molecule has 0 aromatic heterocycles. The van der Waals surface area contributed by atoms with Crippen molar-refractivity contribution in [3.63, 3.8) is 0 Å². The van der Waals surface area contributed by atoms with E-state index in [4.69, 9.17) is 0 Å². The minimum atomic E-state index is -0.344. The van der Waals surface area contributed by atoms with Gasteiger partial charge in [0.15, 0.2) is 0 Å². The van der Waals surface area contributed by atoms with Crippen LogP contribution in [-0.4, -0.2) is 47.9 Å². The Balaban J connectivity index is 1.59. The van der Waals surface area contributed by atoms with E-state index in [-0.39, 0.29) is 17.8 Å². The van der Waals surface area contributed by atoms with Crippen molar-refractivity contribution >= 4 is 17.6 Å². The van der Waals surface area contributed by atoms with Crippen LogP contribution in [0, 0.1) is 12.7 Å². The molecule has 2 aromatic rings. The van der Waals surface area contributed by atoms with E-state index in [9.17, 15) is 14.0 Å². The quantitative estimate of drug-likeness (QED) is 0.896. The Morgan fingerprint density at radius 2 is 1.65 bits per heavy atom. The zero-order valence-corrected chi connectivity index (χ0v) is 14.7. The summed E-state index contributed by atoms with van der Waals surface area (Å²) in [4.78, 5) is 28.6.